The molecule has 1 fully saturated rings. The van der Waals surface area contributed by atoms with E-state index in [1.165, 1.54) is 28.8 Å². The van der Waals surface area contributed by atoms with Crippen LogP contribution < -0.4 is 15.0 Å². The van der Waals surface area contributed by atoms with Gasteiger partial charge in [-0.25, -0.2) is 0 Å². The highest BCUT2D eigenvalue weighted by Crippen LogP contribution is 2.34. The van der Waals surface area contributed by atoms with E-state index in [1.54, 1.807) is 25.5 Å². The number of carbonyl (C=O) groups is 2. The molecule has 4 rings (SSSR count). The number of hydrogen-bond acceptors (Lipinski definition) is 7. The molecule has 1 heterocycles. The van der Waals surface area contributed by atoms with Gasteiger partial charge in [-0.2, -0.15) is 5.10 Å². The number of anilines is 2. The number of nitrogens with zero attached hydrogens (tertiary/aromatic N) is 3. The number of aromatic hydroxyl groups is 1. The van der Waals surface area contributed by atoms with E-state index in [-0.39, 0.29) is 24.0 Å². The van der Waals surface area contributed by atoms with E-state index in [1.807, 2.05) is 55.5 Å². The molecule has 0 aliphatic carbocycles. The molecule has 1 aliphatic rings. The van der Waals surface area contributed by atoms with Gasteiger partial charge in [0.1, 0.15) is 16.7 Å². The van der Waals surface area contributed by atoms with Gasteiger partial charge in [0, 0.05) is 12.1 Å². The quantitative estimate of drug-likeness (QED) is 0.374. The maximum atomic E-state index is 13.3. The van der Waals surface area contributed by atoms with Gasteiger partial charge in [0.05, 0.1) is 19.0 Å². The van der Waals surface area contributed by atoms with Crippen molar-refractivity contribution in [1.82, 2.24) is 0 Å². The van der Waals surface area contributed by atoms with Crippen molar-refractivity contribution in [3.63, 3.8) is 0 Å². The van der Waals surface area contributed by atoms with E-state index in [0.29, 0.717) is 16.5 Å². The molecule has 0 spiro atoms. The zero-order chi connectivity index (χ0) is 24.8. The molecular weight excluding hydrogens is 464 g/mol. The summed E-state index contributed by atoms with van der Waals surface area (Å²) in [7, 11) is 1.60. The number of rotatable bonds is 7. The Kier molecular flexibility index (Phi) is 7.47. The molecular formula is C26H24N4O4S. The van der Waals surface area contributed by atoms with Gasteiger partial charge in [-0.1, -0.05) is 29.5 Å². The monoisotopic (exact) mass is 488 g/mol. The van der Waals surface area contributed by atoms with Crippen LogP contribution in [0.4, 0.5) is 11.4 Å². The smallest absolute Gasteiger partial charge is 0.247 e. The van der Waals surface area contributed by atoms with Crippen molar-refractivity contribution in [3.8, 4) is 11.5 Å². The van der Waals surface area contributed by atoms with Crippen LogP contribution in [0.2, 0.25) is 0 Å². The molecule has 0 aromatic heterocycles. The number of phenols is 1. The number of nitrogens with one attached hydrogen (secondary N) is 1. The Hall–Kier alpha value is -4.11. The molecule has 178 valence electrons. The molecule has 2 amide bonds. The summed E-state index contributed by atoms with van der Waals surface area (Å²) >= 11 is 1.18. The molecule has 1 aliphatic heterocycles. The fourth-order valence-corrected chi connectivity index (χ4v) is 4.45. The van der Waals surface area contributed by atoms with Crippen LogP contribution in [0.5, 0.6) is 11.5 Å². The van der Waals surface area contributed by atoms with Crippen LogP contribution in [-0.2, 0) is 9.59 Å². The minimum atomic E-state index is -0.663. The Labute approximate surface area is 207 Å². The average molecular weight is 489 g/mol. The molecule has 3 aromatic carbocycles. The first-order chi connectivity index (χ1) is 16.9. The summed E-state index contributed by atoms with van der Waals surface area (Å²) in [6.45, 7) is 1.97. The second-order valence-electron chi connectivity index (χ2n) is 7.82. The molecule has 35 heavy (non-hydrogen) atoms. The lowest BCUT2D eigenvalue weighted by molar-refractivity contribution is -0.121. The van der Waals surface area contributed by atoms with Gasteiger partial charge in [-0.3, -0.25) is 14.5 Å². The van der Waals surface area contributed by atoms with E-state index in [0.717, 1.165) is 16.9 Å². The molecule has 0 bridgehead atoms. The Bertz CT molecular complexity index is 1260. The van der Waals surface area contributed by atoms with Gasteiger partial charge in [0.2, 0.25) is 11.8 Å². The first kappa shape index (κ1) is 24.0. The standard InChI is InChI=1S/C26H24N4O4S/c1-17-3-7-19(8-4-17)28-24(32)15-23-25(33)30(20-9-11-21(31)12-10-20)26(35-23)29-27-16-18-5-13-22(34-2)14-6-18/h3-14,16,23,31H,15H2,1-2H3,(H,28,32). The van der Waals surface area contributed by atoms with Crippen molar-refractivity contribution in [3.05, 3.63) is 83.9 Å². The molecule has 0 radical (unpaired) electrons. The van der Waals surface area contributed by atoms with Crippen LogP contribution in [-0.4, -0.2) is 40.7 Å². The molecule has 0 saturated carbocycles. The Balaban J connectivity index is 1.53. The predicted octanol–water partition coefficient (Wildman–Crippen LogP) is 4.58. The van der Waals surface area contributed by atoms with Crippen LogP contribution in [0.25, 0.3) is 0 Å². The zero-order valence-electron chi connectivity index (χ0n) is 19.2. The van der Waals surface area contributed by atoms with Crippen LogP contribution in [0.3, 0.4) is 0 Å². The van der Waals surface area contributed by atoms with Crippen molar-refractivity contribution in [2.24, 2.45) is 10.2 Å². The van der Waals surface area contributed by atoms with E-state index in [4.69, 9.17) is 4.74 Å². The van der Waals surface area contributed by atoms with E-state index in [9.17, 15) is 14.7 Å². The first-order valence-corrected chi connectivity index (χ1v) is 11.7. The van der Waals surface area contributed by atoms with E-state index >= 15 is 0 Å². The number of methoxy groups -OCH3 is 1. The summed E-state index contributed by atoms with van der Waals surface area (Å²) in [6, 6.07) is 21.0. The van der Waals surface area contributed by atoms with Gasteiger partial charge in [0.15, 0.2) is 5.17 Å². The maximum Gasteiger partial charge on any atom is 0.247 e. The van der Waals surface area contributed by atoms with E-state index < -0.39 is 5.25 Å². The third-order valence-electron chi connectivity index (χ3n) is 5.21. The lowest BCUT2D eigenvalue weighted by Crippen LogP contribution is -2.33. The summed E-state index contributed by atoms with van der Waals surface area (Å²) in [6.07, 6.45) is 1.55. The lowest BCUT2D eigenvalue weighted by atomic mass is 10.2. The van der Waals surface area contributed by atoms with Crippen molar-refractivity contribution in [2.75, 3.05) is 17.3 Å². The molecule has 9 heteroatoms. The molecule has 1 unspecified atom stereocenters. The fraction of sp³-hybridized carbons (Fsp3) is 0.154. The minimum Gasteiger partial charge on any atom is -0.508 e. The Morgan fingerprint density at radius 2 is 1.77 bits per heavy atom. The van der Waals surface area contributed by atoms with Crippen LogP contribution >= 0.6 is 11.8 Å². The largest absolute Gasteiger partial charge is 0.508 e. The molecule has 8 nitrogen and oxygen atoms in total. The highest BCUT2D eigenvalue weighted by Gasteiger charge is 2.40. The topological polar surface area (TPSA) is 104 Å². The summed E-state index contributed by atoms with van der Waals surface area (Å²) in [4.78, 5) is 27.3. The van der Waals surface area contributed by atoms with Crippen molar-refractivity contribution >= 4 is 46.3 Å². The number of benzene rings is 3. The Morgan fingerprint density at radius 3 is 2.43 bits per heavy atom. The highest BCUT2D eigenvalue weighted by atomic mass is 32.2. The fourth-order valence-electron chi connectivity index (χ4n) is 3.36. The van der Waals surface area contributed by atoms with E-state index in [2.05, 4.69) is 15.5 Å². The van der Waals surface area contributed by atoms with Gasteiger partial charge < -0.3 is 15.2 Å². The zero-order valence-corrected chi connectivity index (χ0v) is 20.0. The van der Waals surface area contributed by atoms with Crippen LogP contribution in [0.15, 0.2) is 83.0 Å². The second-order valence-corrected chi connectivity index (χ2v) is 8.99. The molecule has 1 atom stereocenters. The average Bonchev–Trinajstić information content (AvgIpc) is 3.16. The molecule has 2 N–H and O–H groups in total. The van der Waals surface area contributed by atoms with Crippen LogP contribution in [0, 0.1) is 6.92 Å². The van der Waals surface area contributed by atoms with Crippen molar-refractivity contribution in [2.45, 2.75) is 18.6 Å². The van der Waals surface area contributed by atoms with Gasteiger partial charge in [-0.05, 0) is 73.2 Å². The van der Waals surface area contributed by atoms with Crippen molar-refractivity contribution in [1.29, 1.82) is 0 Å². The number of amidine groups is 1. The molecule has 3 aromatic rings. The second kappa shape index (κ2) is 10.9. The summed E-state index contributed by atoms with van der Waals surface area (Å²) in [5.41, 5.74) is 3.10. The highest BCUT2D eigenvalue weighted by molar-refractivity contribution is 8.16. The predicted molar refractivity (Wildman–Crippen MR) is 139 cm³/mol. The third-order valence-corrected chi connectivity index (χ3v) is 6.34. The summed E-state index contributed by atoms with van der Waals surface area (Å²) in [5, 5.41) is 20.6. The molecule has 1 saturated heterocycles. The minimum absolute atomic E-state index is 0.0207. The van der Waals surface area contributed by atoms with Crippen LogP contribution in [0.1, 0.15) is 17.5 Å². The number of hydrogen-bond donors (Lipinski definition) is 2. The summed E-state index contributed by atoms with van der Waals surface area (Å²) < 4.78 is 5.15. The number of aryl methyl sites for hydroxylation is 1. The number of phenolic OH excluding ortho intramolecular Hbond substituents is 1. The number of ether oxygens (including phenoxy) is 1. The number of carbonyl (C=O) groups excluding carboxylic acids is 2. The van der Waals surface area contributed by atoms with Gasteiger partial charge in [-0.15, -0.1) is 5.10 Å². The number of amides is 2. The SMILES string of the molecule is COc1ccc(C=NN=C2SC(CC(=O)Nc3ccc(C)cc3)C(=O)N2c2ccc(O)cc2)cc1. The van der Waals surface area contributed by atoms with Crippen molar-refractivity contribution < 1.29 is 19.4 Å². The van der Waals surface area contributed by atoms with Gasteiger partial charge in [0.25, 0.3) is 0 Å². The number of thioether (sulfide) groups is 1. The first-order valence-electron chi connectivity index (χ1n) is 10.8. The normalized spacial score (nSPS) is 16.7. The third kappa shape index (κ3) is 6.07. The van der Waals surface area contributed by atoms with Gasteiger partial charge >= 0.3 is 0 Å². The maximum absolute atomic E-state index is 13.3. The lowest BCUT2D eigenvalue weighted by Gasteiger charge is -2.16. The summed E-state index contributed by atoms with van der Waals surface area (Å²) in [5.74, 6) is 0.264. The Morgan fingerprint density at radius 1 is 1.09 bits per heavy atom.